The van der Waals surface area contributed by atoms with Gasteiger partial charge in [-0.05, 0) is 49.7 Å². The van der Waals surface area contributed by atoms with Crippen LogP contribution in [0, 0.1) is 6.92 Å². The van der Waals surface area contributed by atoms with E-state index in [2.05, 4.69) is 28.9 Å². The van der Waals surface area contributed by atoms with Crippen LogP contribution in [0.3, 0.4) is 0 Å². The molecule has 0 aliphatic heterocycles. The van der Waals surface area contributed by atoms with E-state index < -0.39 is 0 Å². The fourth-order valence-corrected chi connectivity index (χ4v) is 2.62. The van der Waals surface area contributed by atoms with Crippen molar-refractivity contribution in [2.45, 2.75) is 20.0 Å². The van der Waals surface area contributed by atoms with Crippen LogP contribution in [0.4, 0.5) is 0 Å². The van der Waals surface area contributed by atoms with Crippen LogP contribution in [0.5, 0.6) is 11.5 Å². The quantitative estimate of drug-likeness (QED) is 0.861. The molecule has 2 aromatic rings. The van der Waals surface area contributed by atoms with Gasteiger partial charge in [-0.15, -0.1) is 0 Å². The molecule has 0 fully saturated rings. The van der Waals surface area contributed by atoms with Crippen LogP contribution in [0.25, 0.3) is 0 Å². The maximum Gasteiger partial charge on any atom is 0.125 e. The highest BCUT2D eigenvalue weighted by atomic mass is 79.9. The third-order valence-corrected chi connectivity index (χ3v) is 3.75. The zero-order valence-corrected chi connectivity index (χ0v) is 13.9. The first-order chi connectivity index (χ1) is 10.1. The van der Waals surface area contributed by atoms with Crippen molar-refractivity contribution >= 4 is 15.9 Å². The number of nitrogens with two attached hydrogens (primary N) is 1. The van der Waals surface area contributed by atoms with Gasteiger partial charge in [0.15, 0.2) is 0 Å². The second-order valence-electron chi connectivity index (χ2n) is 4.89. The smallest absolute Gasteiger partial charge is 0.125 e. The summed E-state index contributed by atoms with van der Waals surface area (Å²) in [6, 6.07) is 12.1. The number of hydrogen-bond acceptors (Lipinski definition) is 3. The highest BCUT2D eigenvalue weighted by molar-refractivity contribution is 9.10. The SMILES string of the molecule is COc1ccc(Br)cc1COc1ccc(C)cc1CCN. The molecule has 0 amide bonds. The van der Waals surface area contributed by atoms with Gasteiger partial charge in [0.1, 0.15) is 18.1 Å². The van der Waals surface area contributed by atoms with Gasteiger partial charge in [-0.2, -0.15) is 0 Å². The van der Waals surface area contributed by atoms with E-state index in [0.717, 1.165) is 33.5 Å². The van der Waals surface area contributed by atoms with E-state index in [1.165, 1.54) is 5.56 Å². The Hall–Kier alpha value is -1.52. The number of methoxy groups -OCH3 is 1. The molecule has 112 valence electrons. The average molecular weight is 350 g/mol. The normalized spacial score (nSPS) is 10.5. The first kappa shape index (κ1) is 15.9. The van der Waals surface area contributed by atoms with Gasteiger partial charge >= 0.3 is 0 Å². The van der Waals surface area contributed by atoms with Gasteiger partial charge in [-0.25, -0.2) is 0 Å². The largest absolute Gasteiger partial charge is 0.496 e. The lowest BCUT2D eigenvalue weighted by atomic mass is 10.1. The van der Waals surface area contributed by atoms with Crippen LogP contribution in [-0.2, 0) is 13.0 Å². The Morgan fingerprint density at radius 3 is 2.52 bits per heavy atom. The van der Waals surface area contributed by atoms with Gasteiger partial charge in [0.25, 0.3) is 0 Å². The van der Waals surface area contributed by atoms with Gasteiger partial charge in [0.2, 0.25) is 0 Å². The standard InChI is InChI=1S/C17H20BrNO2/c1-12-3-5-17(13(9-12)7-8-19)21-11-14-10-15(18)4-6-16(14)20-2/h3-6,9-10H,7-8,11,19H2,1-2H3. The molecule has 0 atom stereocenters. The van der Waals surface area contributed by atoms with Crippen molar-refractivity contribution < 1.29 is 9.47 Å². The summed E-state index contributed by atoms with van der Waals surface area (Å²) in [7, 11) is 1.67. The first-order valence-electron chi connectivity index (χ1n) is 6.89. The molecule has 21 heavy (non-hydrogen) atoms. The number of benzene rings is 2. The monoisotopic (exact) mass is 349 g/mol. The van der Waals surface area contributed by atoms with Crippen LogP contribution in [-0.4, -0.2) is 13.7 Å². The van der Waals surface area contributed by atoms with Gasteiger partial charge in [-0.3, -0.25) is 0 Å². The summed E-state index contributed by atoms with van der Waals surface area (Å²) in [5, 5.41) is 0. The van der Waals surface area contributed by atoms with Crippen LogP contribution >= 0.6 is 15.9 Å². The van der Waals surface area contributed by atoms with E-state index in [1.807, 2.05) is 30.3 Å². The molecule has 0 saturated heterocycles. The van der Waals surface area contributed by atoms with Crippen molar-refractivity contribution in [1.82, 2.24) is 0 Å². The number of aryl methyl sites for hydroxylation is 1. The number of halogens is 1. The van der Waals surface area contributed by atoms with E-state index >= 15 is 0 Å². The van der Waals surface area contributed by atoms with Crippen molar-refractivity contribution in [3.8, 4) is 11.5 Å². The fraction of sp³-hybridized carbons (Fsp3) is 0.294. The summed E-state index contributed by atoms with van der Waals surface area (Å²) in [5.41, 5.74) is 9.03. The highest BCUT2D eigenvalue weighted by Gasteiger charge is 2.08. The molecule has 4 heteroatoms. The third kappa shape index (κ3) is 4.22. The predicted molar refractivity (Wildman–Crippen MR) is 89.0 cm³/mol. The molecule has 0 aliphatic rings. The van der Waals surface area contributed by atoms with Crippen molar-refractivity contribution in [3.05, 3.63) is 57.6 Å². The van der Waals surface area contributed by atoms with Crippen LogP contribution < -0.4 is 15.2 Å². The summed E-state index contributed by atoms with van der Waals surface area (Å²) in [6.07, 6.45) is 0.812. The Balaban J connectivity index is 2.18. The highest BCUT2D eigenvalue weighted by Crippen LogP contribution is 2.26. The maximum absolute atomic E-state index is 5.97. The van der Waals surface area contributed by atoms with Crippen molar-refractivity contribution in [3.63, 3.8) is 0 Å². The predicted octanol–water partition coefficient (Wildman–Crippen LogP) is 3.85. The van der Waals surface area contributed by atoms with Crippen LogP contribution in [0.1, 0.15) is 16.7 Å². The average Bonchev–Trinajstić information content (AvgIpc) is 2.47. The zero-order chi connectivity index (χ0) is 15.2. The number of ether oxygens (including phenoxy) is 2. The molecule has 0 aromatic heterocycles. The van der Waals surface area contributed by atoms with Crippen molar-refractivity contribution in [2.75, 3.05) is 13.7 Å². The fourth-order valence-electron chi connectivity index (χ4n) is 2.22. The molecule has 0 aliphatic carbocycles. The maximum atomic E-state index is 5.97. The molecule has 0 unspecified atom stereocenters. The Morgan fingerprint density at radius 1 is 1.05 bits per heavy atom. The molecule has 3 nitrogen and oxygen atoms in total. The lowest BCUT2D eigenvalue weighted by molar-refractivity contribution is 0.293. The molecule has 0 bridgehead atoms. The van der Waals surface area contributed by atoms with E-state index in [9.17, 15) is 0 Å². The molecule has 2 rings (SSSR count). The summed E-state index contributed by atoms with van der Waals surface area (Å²) in [6.45, 7) is 3.14. The molecule has 0 radical (unpaired) electrons. The molecule has 2 N–H and O–H groups in total. The van der Waals surface area contributed by atoms with Crippen molar-refractivity contribution in [1.29, 1.82) is 0 Å². The van der Waals surface area contributed by atoms with E-state index in [1.54, 1.807) is 7.11 Å². The second-order valence-corrected chi connectivity index (χ2v) is 5.81. The zero-order valence-electron chi connectivity index (χ0n) is 12.4. The first-order valence-corrected chi connectivity index (χ1v) is 7.68. The number of hydrogen-bond donors (Lipinski definition) is 1. The van der Waals surface area contributed by atoms with Gasteiger partial charge in [-0.1, -0.05) is 33.6 Å². The van der Waals surface area contributed by atoms with Gasteiger partial charge in [0, 0.05) is 10.0 Å². The van der Waals surface area contributed by atoms with Crippen LogP contribution in [0.2, 0.25) is 0 Å². The summed E-state index contributed by atoms with van der Waals surface area (Å²) >= 11 is 3.47. The van der Waals surface area contributed by atoms with E-state index in [0.29, 0.717) is 13.2 Å². The summed E-state index contributed by atoms with van der Waals surface area (Å²) < 4.78 is 12.3. The molecule has 2 aromatic carbocycles. The van der Waals surface area contributed by atoms with Crippen LogP contribution in [0.15, 0.2) is 40.9 Å². The lowest BCUT2D eigenvalue weighted by Crippen LogP contribution is -2.06. The Kier molecular flexibility index (Phi) is 5.65. The topological polar surface area (TPSA) is 44.5 Å². The Morgan fingerprint density at radius 2 is 1.81 bits per heavy atom. The molecular formula is C17H20BrNO2. The second kappa shape index (κ2) is 7.48. The van der Waals surface area contributed by atoms with E-state index in [-0.39, 0.29) is 0 Å². The van der Waals surface area contributed by atoms with E-state index in [4.69, 9.17) is 15.2 Å². The van der Waals surface area contributed by atoms with Gasteiger partial charge in [0.05, 0.1) is 7.11 Å². The summed E-state index contributed by atoms with van der Waals surface area (Å²) in [5.74, 6) is 1.71. The minimum Gasteiger partial charge on any atom is -0.496 e. The minimum atomic E-state index is 0.462. The Bertz CT molecular complexity index is 614. The molecular weight excluding hydrogens is 330 g/mol. The van der Waals surface area contributed by atoms with Crippen molar-refractivity contribution in [2.24, 2.45) is 5.73 Å². The molecule has 0 spiro atoms. The van der Waals surface area contributed by atoms with Gasteiger partial charge < -0.3 is 15.2 Å². The minimum absolute atomic E-state index is 0.462. The number of rotatable bonds is 6. The molecule has 0 saturated carbocycles. The third-order valence-electron chi connectivity index (χ3n) is 3.26. The molecule has 0 heterocycles. The summed E-state index contributed by atoms with van der Waals surface area (Å²) in [4.78, 5) is 0. The Labute approximate surface area is 134 Å². The lowest BCUT2D eigenvalue weighted by Gasteiger charge is -2.14.